The van der Waals surface area contributed by atoms with Crippen LogP contribution in [0.25, 0.3) is 16.8 Å². The number of fused-ring (bicyclic) bond motifs is 1. The molecule has 3 heterocycles. The van der Waals surface area contributed by atoms with E-state index in [0.717, 1.165) is 29.0 Å². The van der Waals surface area contributed by atoms with Crippen LogP contribution in [0.3, 0.4) is 0 Å². The van der Waals surface area contributed by atoms with Gasteiger partial charge in [0.2, 0.25) is 0 Å². The van der Waals surface area contributed by atoms with E-state index in [4.69, 9.17) is 10.2 Å². The van der Waals surface area contributed by atoms with E-state index in [-0.39, 0.29) is 0 Å². The predicted octanol–water partition coefficient (Wildman–Crippen LogP) is 1.51. The molecule has 5 nitrogen and oxygen atoms in total. The number of hydrogen-bond acceptors (Lipinski definition) is 4. The fourth-order valence-corrected chi connectivity index (χ4v) is 1.91. The Morgan fingerprint density at radius 3 is 3.06 bits per heavy atom. The average molecular weight is 228 g/mol. The highest BCUT2D eigenvalue weighted by Crippen LogP contribution is 2.21. The summed E-state index contributed by atoms with van der Waals surface area (Å²) in [6, 6.07) is 3.75. The fraction of sp³-hybridized carbons (Fsp3) is 0.167. The van der Waals surface area contributed by atoms with Crippen molar-refractivity contribution in [1.82, 2.24) is 14.5 Å². The molecule has 3 rings (SSSR count). The first-order valence-electron chi connectivity index (χ1n) is 5.45. The first-order chi connectivity index (χ1) is 8.40. The Morgan fingerprint density at radius 1 is 1.24 bits per heavy atom. The van der Waals surface area contributed by atoms with Crippen molar-refractivity contribution < 1.29 is 4.42 Å². The van der Waals surface area contributed by atoms with Crippen molar-refractivity contribution in [2.75, 3.05) is 6.54 Å². The summed E-state index contributed by atoms with van der Waals surface area (Å²) in [4.78, 5) is 8.67. The second-order valence-corrected chi connectivity index (χ2v) is 3.72. The molecule has 0 saturated carbocycles. The third-order valence-electron chi connectivity index (χ3n) is 2.67. The molecule has 0 aliphatic carbocycles. The monoisotopic (exact) mass is 228 g/mol. The summed E-state index contributed by atoms with van der Waals surface area (Å²) < 4.78 is 7.31. The lowest BCUT2D eigenvalue weighted by Gasteiger charge is -2.06. The van der Waals surface area contributed by atoms with Gasteiger partial charge >= 0.3 is 0 Å². The zero-order chi connectivity index (χ0) is 11.7. The number of rotatable bonds is 3. The quantitative estimate of drug-likeness (QED) is 0.737. The zero-order valence-corrected chi connectivity index (χ0v) is 9.21. The number of furan rings is 1. The van der Waals surface area contributed by atoms with Crippen molar-refractivity contribution in [1.29, 1.82) is 0 Å². The van der Waals surface area contributed by atoms with Gasteiger partial charge < -0.3 is 10.2 Å². The van der Waals surface area contributed by atoms with Gasteiger partial charge in [-0.05, 0) is 18.7 Å². The van der Waals surface area contributed by atoms with Gasteiger partial charge in [0.15, 0.2) is 0 Å². The summed E-state index contributed by atoms with van der Waals surface area (Å²) in [6.45, 7) is 0.568. The minimum atomic E-state index is 0.568. The van der Waals surface area contributed by atoms with Gasteiger partial charge in [-0.1, -0.05) is 0 Å². The normalized spacial score (nSPS) is 11.1. The van der Waals surface area contributed by atoms with E-state index in [1.54, 1.807) is 18.7 Å². The molecular weight excluding hydrogens is 216 g/mol. The first kappa shape index (κ1) is 10.0. The van der Waals surface area contributed by atoms with Crippen LogP contribution in [-0.2, 0) is 6.42 Å². The first-order valence-corrected chi connectivity index (χ1v) is 5.45. The second kappa shape index (κ2) is 4.03. The Labute approximate surface area is 97.9 Å². The van der Waals surface area contributed by atoms with Crippen LogP contribution >= 0.6 is 0 Å². The van der Waals surface area contributed by atoms with Gasteiger partial charge in [-0.3, -0.25) is 4.57 Å². The smallest absolute Gasteiger partial charge is 0.149 e. The molecule has 0 bridgehead atoms. The lowest BCUT2D eigenvalue weighted by atomic mass is 10.3. The van der Waals surface area contributed by atoms with Crippen LogP contribution in [0, 0.1) is 0 Å². The van der Waals surface area contributed by atoms with E-state index in [2.05, 4.69) is 9.97 Å². The standard InChI is InChI=1S/C12H12N4O/c13-4-1-11-14-6-7-16(11)12-9-3-8-17-10(9)2-5-15-12/h2-3,5-8H,1,4,13H2. The molecule has 0 aliphatic heterocycles. The van der Waals surface area contributed by atoms with Crippen molar-refractivity contribution in [3.63, 3.8) is 0 Å². The van der Waals surface area contributed by atoms with E-state index in [1.807, 2.05) is 22.9 Å². The minimum absolute atomic E-state index is 0.568. The Balaban J connectivity index is 2.20. The topological polar surface area (TPSA) is 69.9 Å². The number of nitrogens with zero attached hydrogens (tertiary/aromatic N) is 3. The summed E-state index contributed by atoms with van der Waals surface area (Å²) in [5, 5.41) is 0.976. The van der Waals surface area contributed by atoms with E-state index in [9.17, 15) is 0 Å². The maximum Gasteiger partial charge on any atom is 0.149 e. The SMILES string of the molecule is NCCc1nccn1-c1nccc2occc12. The molecule has 5 heteroatoms. The van der Waals surface area contributed by atoms with Crippen LogP contribution in [0.4, 0.5) is 0 Å². The molecule has 86 valence electrons. The van der Waals surface area contributed by atoms with E-state index in [1.165, 1.54) is 0 Å². The third kappa shape index (κ3) is 1.60. The third-order valence-corrected chi connectivity index (χ3v) is 2.67. The molecule has 0 unspecified atom stereocenters. The van der Waals surface area contributed by atoms with Gasteiger partial charge in [-0.15, -0.1) is 0 Å². The second-order valence-electron chi connectivity index (χ2n) is 3.72. The fourth-order valence-electron chi connectivity index (χ4n) is 1.91. The average Bonchev–Trinajstić information content (AvgIpc) is 2.96. The van der Waals surface area contributed by atoms with Crippen molar-refractivity contribution in [2.24, 2.45) is 5.73 Å². The van der Waals surface area contributed by atoms with E-state index < -0.39 is 0 Å². The minimum Gasteiger partial charge on any atom is -0.464 e. The lowest BCUT2D eigenvalue weighted by molar-refractivity contribution is 0.615. The van der Waals surface area contributed by atoms with Crippen LogP contribution in [0.2, 0.25) is 0 Å². The Kier molecular flexibility index (Phi) is 2.38. The van der Waals surface area contributed by atoms with Gasteiger partial charge in [0.1, 0.15) is 17.2 Å². The molecule has 0 amide bonds. The maximum atomic E-state index is 5.57. The Bertz CT molecular complexity index is 641. The molecule has 0 aliphatic rings. The summed E-state index contributed by atoms with van der Waals surface area (Å²) in [7, 11) is 0. The highest BCUT2D eigenvalue weighted by Gasteiger charge is 2.10. The molecular formula is C12H12N4O. The molecule has 2 N–H and O–H groups in total. The highest BCUT2D eigenvalue weighted by atomic mass is 16.3. The molecule has 0 atom stereocenters. The number of imidazole rings is 1. The van der Waals surface area contributed by atoms with Gasteiger partial charge in [-0.2, -0.15) is 0 Å². The molecule has 3 aromatic rings. The van der Waals surface area contributed by atoms with Gasteiger partial charge in [0.05, 0.1) is 11.6 Å². The largest absolute Gasteiger partial charge is 0.464 e. The molecule has 3 aromatic heterocycles. The van der Waals surface area contributed by atoms with Gasteiger partial charge in [-0.25, -0.2) is 9.97 Å². The molecule has 0 radical (unpaired) electrons. The van der Waals surface area contributed by atoms with Crippen LogP contribution in [-0.4, -0.2) is 21.1 Å². The van der Waals surface area contributed by atoms with Gasteiger partial charge in [0, 0.05) is 25.0 Å². The number of aromatic nitrogens is 3. The zero-order valence-electron chi connectivity index (χ0n) is 9.21. The maximum absolute atomic E-state index is 5.57. The summed E-state index contributed by atoms with van der Waals surface area (Å²) >= 11 is 0. The van der Waals surface area contributed by atoms with Crippen molar-refractivity contribution >= 4 is 11.0 Å². The lowest BCUT2D eigenvalue weighted by Crippen LogP contribution is -2.09. The molecule has 0 saturated heterocycles. The van der Waals surface area contributed by atoms with Crippen LogP contribution in [0.5, 0.6) is 0 Å². The summed E-state index contributed by atoms with van der Waals surface area (Å²) in [5.41, 5.74) is 6.39. The van der Waals surface area contributed by atoms with Crippen LogP contribution < -0.4 is 5.73 Å². The molecule has 0 fully saturated rings. The Morgan fingerprint density at radius 2 is 2.18 bits per heavy atom. The van der Waals surface area contributed by atoms with E-state index >= 15 is 0 Å². The van der Waals surface area contributed by atoms with Crippen molar-refractivity contribution in [3.05, 3.63) is 42.8 Å². The molecule has 0 spiro atoms. The molecule has 17 heavy (non-hydrogen) atoms. The molecule has 0 aromatic carbocycles. The Hall–Kier alpha value is -2.14. The highest BCUT2D eigenvalue weighted by molar-refractivity contribution is 5.84. The van der Waals surface area contributed by atoms with E-state index in [0.29, 0.717) is 6.54 Å². The van der Waals surface area contributed by atoms with Crippen LogP contribution in [0.1, 0.15) is 5.82 Å². The van der Waals surface area contributed by atoms with Crippen LogP contribution in [0.15, 0.2) is 41.4 Å². The van der Waals surface area contributed by atoms with Gasteiger partial charge in [0.25, 0.3) is 0 Å². The number of hydrogen-bond donors (Lipinski definition) is 1. The van der Waals surface area contributed by atoms with Crippen molar-refractivity contribution in [3.8, 4) is 5.82 Å². The summed E-state index contributed by atoms with van der Waals surface area (Å²) in [6.07, 6.45) is 7.76. The van der Waals surface area contributed by atoms with Crippen molar-refractivity contribution in [2.45, 2.75) is 6.42 Å². The summed E-state index contributed by atoms with van der Waals surface area (Å²) in [5.74, 6) is 1.74. The number of pyridine rings is 1. The predicted molar refractivity (Wildman–Crippen MR) is 63.9 cm³/mol. The number of nitrogens with two attached hydrogens (primary N) is 1.